The lowest BCUT2D eigenvalue weighted by Crippen LogP contribution is -2.43. The Balaban J connectivity index is 2.24. The molecule has 126 valence electrons. The van der Waals surface area contributed by atoms with Gasteiger partial charge in [0, 0.05) is 18.9 Å². The van der Waals surface area contributed by atoms with E-state index in [-0.39, 0.29) is 11.4 Å². The van der Waals surface area contributed by atoms with E-state index in [0.29, 0.717) is 12.2 Å². The van der Waals surface area contributed by atoms with Crippen molar-refractivity contribution in [2.45, 2.75) is 44.8 Å². The van der Waals surface area contributed by atoms with Crippen molar-refractivity contribution in [3.05, 3.63) is 29.8 Å². The van der Waals surface area contributed by atoms with Crippen molar-refractivity contribution < 1.29 is 18.3 Å². The maximum Gasteiger partial charge on any atom is 0.323 e. The van der Waals surface area contributed by atoms with Gasteiger partial charge in [-0.05, 0) is 26.3 Å². The van der Waals surface area contributed by atoms with E-state index in [1.165, 1.54) is 15.6 Å². The van der Waals surface area contributed by atoms with E-state index < -0.39 is 22.0 Å². The van der Waals surface area contributed by atoms with Gasteiger partial charge in [0.2, 0.25) is 10.0 Å². The largest absolute Gasteiger partial charge is 0.480 e. The molecule has 10 heteroatoms. The first-order valence-electron chi connectivity index (χ1n) is 7.01. The summed E-state index contributed by atoms with van der Waals surface area (Å²) in [5.74, 6) is -1.28. The average molecular weight is 341 g/mol. The molecule has 0 amide bonds. The normalized spacial score (nSPS) is 13.2. The Morgan fingerprint density at radius 3 is 2.52 bits per heavy atom. The van der Waals surface area contributed by atoms with Crippen molar-refractivity contribution in [2.75, 3.05) is 0 Å². The van der Waals surface area contributed by atoms with Crippen LogP contribution in [-0.2, 0) is 27.9 Å². The predicted octanol–water partition coefficient (Wildman–Crippen LogP) is 0.148. The Labute approximate surface area is 134 Å². The van der Waals surface area contributed by atoms with Gasteiger partial charge in [0.1, 0.15) is 10.9 Å². The minimum absolute atomic E-state index is 0.0257. The van der Waals surface area contributed by atoms with Crippen molar-refractivity contribution in [3.63, 3.8) is 0 Å². The molecule has 0 aliphatic rings. The van der Waals surface area contributed by atoms with Gasteiger partial charge in [-0.1, -0.05) is 0 Å². The van der Waals surface area contributed by atoms with Gasteiger partial charge in [0.15, 0.2) is 0 Å². The van der Waals surface area contributed by atoms with Crippen LogP contribution in [0.15, 0.2) is 23.5 Å². The topological polar surface area (TPSA) is 119 Å². The minimum Gasteiger partial charge on any atom is -0.480 e. The predicted molar refractivity (Wildman–Crippen MR) is 81.3 cm³/mol. The van der Waals surface area contributed by atoms with E-state index in [2.05, 4.69) is 14.9 Å². The smallest absolute Gasteiger partial charge is 0.323 e. The second-order valence-corrected chi connectivity index (χ2v) is 6.87. The number of carboxylic acids is 1. The SMILES string of the molecule is CCn1cc(S(=O)(=O)NC(Cn2cc(C)cn2)C(=O)O)c(C)n1. The van der Waals surface area contributed by atoms with Crippen LogP contribution in [0, 0.1) is 13.8 Å². The monoisotopic (exact) mass is 341 g/mol. The number of aromatic nitrogens is 4. The number of carboxylic acid groups (broad SMARTS) is 1. The van der Waals surface area contributed by atoms with Crippen molar-refractivity contribution in [3.8, 4) is 0 Å². The molecule has 23 heavy (non-hydrogen) atoms. The number of carbonyl (C=O) groups is 1. The molecule has 0 aromatic carbocycles. The van der Waals surface area contributed by atoms with Crippen LogP contribution in [-0.4, -0.2) is 45.1 Å². The molecule has 0 spiro atoms. The number of nitrogens with zero attached hydrogens (tertiary/aromatic N) is 4. The number of hydrogen-bond acceptors (Lipinski definition) is 5. The second kappa shape index (κ2) is 6.50. The summed E-state index contributed by atoms with van der Waals surface area (Å²) in [6, 6.07) is -1.33. The molecule has 2 N–H and O–H groups in total. The summed E-state index contributed by atoms with van der Waals surface area (Å²) in [7, 11) is -3.99. The number of hydrogen-bond donors (Lipinski definition) is 2. The number of aryl methyl sites for hydroxylation is 3. The van der Waals surface area contributed by atoms with Crippen LogP contribution in [0.3, 0.4) is 0 Å². The van der Waals surface area contributed by atoms with Crippen LogP contribution in [0.1, 0.15) is 18.2 Å². The summed E-state index contributed by atoms with van der Waals surface area (Å²) in [4.78, 5) is 11.4. The third kappa shape index (κ3) is 3.96. The summed E-state index contributed by atoms with van der Waals surface area (Å²) in [5, 5.41) is 17.3. The lowest BCUT2D eigenvalue weighted by Gasteiger charge is -2.14. The van der Waals surface area contributed by atoms with E-state index in [1.54, 1.807) is 19.3 Å². The van der Waals surface area contributed by atoms with Crippen molar-refractivity contribution in [2.24, 2.45) is 0 Å². The standard InChI is InChI=1S/C13H19N5O4S/c1-4-17-8-12(10(3)15-17)23(21,22)16-11(13(19)20)7-18-6-9(2)5-14-18/h5-6,8,11,16H,4,7H2,1-3H3,(H,19,20). The Hall–Kier alpha value is -2.20. The first kappa shape index (κ1) is 17.2. The summed E-state index contributed by atoms with van der Waals surface area (Å²) in [6.07, 6.45) is 4.60. The fourth-order valence-corrected chi connectivity index (χ4v) is 3.46. The van der Waals surface area contributed by atoms with Gasteiger partial charge in [-0.2, -0.15) is 14.9 Å². The van der Waals surface area contributed by atoms with Crippen LogP contribution in [0.25, 0.3) is 0 Å². The van der Waals surface area contributed by atoms with Crippen molar-refractivity contribution in [1.29, 1.82) is 0 Å². The molecule has 2 aromatic heterocycles. The molecule has 1 atom stereocenters. The fraction of sp³-hybridized carbons (Fsp3) is 0.462. The average Bonchev–Trinajstić information content (AvgIpc) is 3.04. The Kier molecular flexibility index (Phi) is 4.85. The van der Waals surface area contributed by atoms with Crippen LogP contribution < -0.4 is 4.72 Å². The van der Waals surface area contributed by atoms with Gasteiger partial charge in [-0.25, -0.2) is 8.42 Å². The molecule has 1 unspecified atom stereocenters. The maximum absolute atomic E-state index is 12.4. The fourth-order valence-electron chi connectivity index (χ4n) is 2.10. The van der Waals surface area contributed by atoms with E-state index in [9.17, 15) is 18.3 Å². The molecule has 2 aromatic rings. The first-order valence-corrected chi connectivity index (χ1v) is 8.49. The lowest BCUT2D eigenvalue weighted by molar-refractivity contribution is -0.139. The molecular weight excluding hydrogens is 322 g/mol. The summed E-state index contributed by atoms with van der Waals surface area (Å²) in [5.41, 5.74) is 1.18. The molecule has 0 radical (unpaired) electrons. The molecule has 0 saturated carbocycles. The quantitative estimate of drug-likeness (QED) is 0.740. The summed E-state index contributed by atoms with van der Waals surface area (Å²) >= 11 is 0. The summed E-state index contributed by atoms with van der Waals surface area (Å²) in [6.45, 7) is 5.62. The highest BCUT2D eigenvalue weighted by atomic mass is 32.2. The second-order valence-electron chi connectivity index (χ2n) is 5.19. The lowest BCUT2D eigenvalue weighted by atomic mass is 10.3. The van der Waals surface area contributed by atoms with Crippen LogP contribution in [0.2, 0.25) is 0 Å². The number of aliphatic carboxylic acids is 1. The zero-order valence-electron chi connectivity index (χ0n) is 13.1. The Bertz CT molecular complexity index is 808. The third-order valence-corrected chi connectivity index (χ3v) is 4.82. The molecular formula is C13H19N5O4S. The third-order valence-electron chi connectivity index (χ3n) is 3.24. The molecule has 0 saturated heterocycles. The number of nitrogens with one attached hydrogen (secondary N) is 1. The zero-order chi connectivity index (χ0) is 17.2. The van der Waals surface area contributed by atoms with E-state index in [0.717, 1.165) is 5.56 Å². The number of sulfonamides is 1. The first-order chi connectivity index (χ1) is 10.7. The zero-order valence-corrected chi connectivity index (χ0v) is 13.9. The van der Waals surface area contributed by atoms with Crippen molar-refractivity contribution in [1.82, 2.24) is 24.3 Å². The van der Waals surface area contributed by atoms with Crippen LogP contribution >= 0.6 is 0 Å². The molecule has 0 fully saturated rings. The molecule has 9 nitrogen and oxygen atoms in total. The van der Waals surface area contributed by atoms with Gasteiger partial charge in [-0.3, -0.25) is 14.2 Å². The van der Waals surface area contributed by atoms with Gasteiger partial charge in [0.25, 0.3) is 0 Å². The molecule has 0 aliphatic carbocycles. The van der Waals surface area contributed by atoms with Crippen LogP contribution in [0.5, 0.6) is 0 Å². The van der Waals surface area contributed by atoms with Gasteiger partial charge < -0.3 is 5.11 Å². The van der Waals surface area contributed by atoms with Crippen molar-refractivity contribution >= 4 is 16.0 Å². The highest BCUT2D eigenvalue weighted by Crippen LogP contribution is 2.14. The highest BCUT2D eigenvalue weighted by molar-refractivity contribution is 7.89. The van der Waals surface area contributed by atoms with Gasteiger partial charge in [0.05, 0.1) is 18.4 Å². The van der Waals surface area contributed by atoms with Gasteiger partial charge in [-0.15, -0.1) is 0 Å². The van der Waals surface area contributed by atoms with Crippen LogP contribution in [0.4, 0.5) is 0 Å². The summed E-state index contributed by atoms with van der Waals surface area (Å²) < 4.78 is 29.9. The maximum atomic E-state index is 12.4. The number of rotatable bonds is 7. The molecule has 0 aliphatic heterocycles. The highest BCUT2D eigenvalue weighted by Gasteiger charge is 2.28. The Morgan fingerprint density at radius 1 is 1.35 bits per heavy atom. The Morgan fingerprint density at radius 2 is 2.04 bits per heavy atom. The van der Waals surface area contributed by atoms with E-state index in [4.69, 9.17) is 0 Å². The molecule has 0 bridgehead atoms. The molecule has 2 rings (SSSR count). The van der Waals surface area contributed by atoms with Gasteiger partial charge >= 0.3 is 5.97 Å². The minimum atomic E-state index is -3.99. The molecule has 2 heterocycles. The van der Waals surface area contributed by atoms with E-state index >= 15 is 0 Å². The van der Waals surface area contributed by atoms with E-state index in [1.807, 2.05) is 13.8 Å².